The van der Waals surface area contributed by atoms with E-state index in [1.165, 1.54) is 12.8 Å². The van der Waals surface area contributed by atoms with E-state index < -0.39 is 0 Å². The largest absolute Gasteiger partial charge is 0.395 e. The highest BCUT2D eigenvalue weighted by atomic mass is 16.3. The van der Waals surface area contributed by atoms with E-state index in [0.29, 0.717) is 6.54 Å². The van der Waals surface area contributed by atoms with E-state index in [2.05, 4.69) is 26.2 Å². The molecule has 5 heteroatoms. The van der Waals surface area contributed by atoms with Crippen molar-refractivity contribution in [2.24, 2.45) is 0 Å². The molecular formula is C12H20N4O. The molecule has 1 N–H and O–H groups in total. The van der Waals surface area contributed by atoms with Gasteiger partial charge in [-0.3, -0.25) is 4.90 Å². The average molecular weight is 236 g/mol. The van der Waals surface area contributed by atoms with Gasteiger partial charge < -0.3 is 9.67 Å². The van der Waals surface area contributed by atoms with Crippen LogP contribution in [0.4, 0.5) is 0 Å². The smallest absolute Gasteiger partial charge is 0.147 e. The zero-order chi connectivity index (χ0) is 12.1. The van der Waals surface area contributed by atoms with Gasteiger partial charge in [0, 0.05) is 26.1 Å². The van der Waals surface area contributed by atoms with Crippen molar-refractivity contribution in [1.82, 2.24) is 19.7 Å². The van der Waals surface area contributed by atoms with Crippen molar-refractivity contribution in [3.05, 3.63) is 24.3 Å². The van der Waals surface area contributed by atoms with Crippen molar-refractivity contribution in [2.75, 3.05) is 19.7 Å². The fourth-order valence-corrected chi connectivity index (χ4v) is 2.24. The Morgan fingerprint density at radius 3 is 3.06 bits per heavy atom. The molecule has 0 amide bonds. The molecule has 0 unspecified atom stereocenters. The standard InChI is InChI=1S/C12H20N4O/c1-2-6-15(8-9-17)10-12-14-13-11-5-3-4-7-16(11)12/h2,17H,1,3-10H2. The minimum atomic E-state index is 0.162. The van der Waals surface area contributed by atoms with Crippen LogP contribution in [-0.2, 0) is 19.5 Å². The minimum absolute atomic E-state index is 0.162. The fraction of sp³-hybridized carbons (Fsp3) is 0.667. The summed E-state index contributed by atoms with van der Waals surface area (Å²) in [6, 6.07) is 0. The van der Waals surface area contributed by atoms with Gasteiger partial charge in [0.25, 0.3) is 0 Å². The Balaban J connectivity index is 2.05. The summed E-state index contributed by atoms with van der Waals surface area (Å²) in [6.07, 6.45) is 5.31. The molecular weight excluding hydrogens is 216 g/mol. The number of aliphatic hydroxyl groups is 1. The molecule has 94 valence electrons. The molecule has 5 nitrogen and oxygen atoms in total. The molecule has 0 saturated carbocycles. The number of aliphatic hydroxyl groups excluding tert-OH is 1. The van der Waals surface area contributed by atoms with Crippen LogP contribution >= 0.6 is 0 Å². The van der Waals surface area contributed by atoms with Crippen LogP contribution in [0.5, 0.6) is 0 Å². The minimum Gasteiger partial charge on any atom is -0.395 e. The molecule has 0 bridgehead atoms. The van der Waals surface area contributed by atoms with Crippen molar-refractivity contribution in [1.29, 1.82) is 0 Å². The summed E-state index contributed by atoms with van der Waals surface area (Å²) in [7, 11) is 0. The fourth-order valence-electron chi connectivity index (χ4n) is 2.24. The first-order valence-corrected chi connectivity index (χ1v) is 6.20. The third-order valence-electron chi connectivity index (χ3n) is 3.10. The summed E-state index contributed by atoms with van der Waals surface area (Å²) in [6.45, 7) is 7.07. The highest BCUT2D eigenvalue weighted by Crippen LogP contribution is 2.15. The number of nitrogens with zero attached hydrogens (tertiary/aromatic N) is 4. The topological polar surface area (TPSA) is 54.2 Å². The summed E-state index contributed by atoms with van der Waals surface area (Å²) in [5, 5.41) is 17.5. The first-order valence-electron chi connectivity index (χ1n) is 6.20. The van der Waals surface area contributed by atoms with Gasteiger partial charge in [0.1, 0.15) is 11.6 Å². The van der Waals surface area contributed by atoms with Gasteiger partial charge in [-0.05, 0) is 12.8 Å². The molecule has 1 aromatic heterocycles. The molecule has 0 fully saturated rings. The molecule has 0 radical (unpaired) electrons. The van der Waals surface area contributed by atoms with Crippen LogP contribution in [0.3, 0.4) is 0 Å². The van der Waals surface area contributed by atoms with Crippen LogP contribution in [0.1, 0.15) is 24.5 Å². The Hall–Kier alpha value is -1.20. The molecule has 2 rings (SSSR count). The predicted molar refractivity (Wildman–Crippen MR) is 65.5 cm³/mol. The summed E-state index contributed by atoms with van der Waals surface area (Å²) in [5.74, 6) is 2.11. The Labute approximate surface area is 102 Å². The van der Waals surface area contributed by atoms with E-state index in [0.717, 1.165) is 37.7 Å². The summed E-state index contributed by atoms with van der Waals surface area (Å²) < 4.78 is 2.22. The lowest BCUT2D eigenvalue weighted by Gasteiger charge is -2.20. The zero-order valence-corrected chi connectivity index (χ0v) is 10.2. The molecule has 0 aromatic carbocycles. The average Bonchev–Trinajstić information content (AvgIpc) is 2.74. The number of hydrogen-bond donors (Lipinski definition) is 1. The zero-order valence-electron chi connectivity index (χ0n) is 10.2. The van der Waals surface area contributed by atoms with Crippen molar-refractivity contribution in [3.63, 3.8) is 0 Å². The van der Waals surface area contributed by atoms with E-state index >= 15 is 0 Å². The Bertz CT molecular complexity index is 375. The van der Waals surface area contributed by atoms with Crippen LogP contribution in [0.25, 0.3) is 0 Å². The SMILES string of the molecule is C=CCN(CCO)Cc1nnc2n1CCCC2. The van der Waals surface area contributed by atoms with Crippen LogP contribution < -0.4 is 0 Å². The van der Waals surface area contributed by atoms with Crippen molar-refractivity contribution >= 4 is 0 Å². The normalized spacial score (nSPS) is 14.9. The quantitative estimate of drug-likeness (QED) is 0.735. The second-order valence-electron chi connectivity index (χ2n) is 4.39. The van der Waals surface area contributed by atoms with Crippen molar-refractivity contribution < 1.29 is 5.11 Å². The third-order valence-corrected chi connectivity index (χ3v) is 3.10. The lowest BCUT2D eigenvalue weighted by molar-refractivity contribution is 0.198. The summed E-state index contributed by atoms with van der Waals surface area (Å²) in [4.78, 5) is 2.12. The lowest BCUT2D eigenvalue weighted by Crippen LogP contribution is -2.28. The summed E-state index contributed by atoms with van der Waals surface area (Å²) in [5.41, 5.74) is 0. The highest BCUT2D eigenvalue weighted by Gasteiger charge is 2.17. The van der Waals surface area contributed by atoms with E-state index in [9.17, 15) is 0 Å². The van der Waals surface area contributed by atoms with Gasteiger partial charge in [0.2, 0.25) is 0 Å². The molecule has 0 atom stereocenters. The number of rotatable bonds is 6. The maximum absolute atomic E-state index is 9.01. The summed E-state index contributed by atoms with van der Waals surface area (Å²) >= 11 is 0. The van der Waals surface area contributed by atoms with Gasteiger partial charge in [-0.2, -0.15) is 0 Å². The van der Waals surface area contributed by atoms with Gasteiger partial charge in [0.15, 0.2) is 0 Å². The van der Waals surface area contributed by atoms with Gasteiger partial charge in [-0.25, -0.2) is 0 Å². The predicted octanol–water partition coefficient (Wildman–Crippen LogP) is 0.595. The molecule has 0 aliphatic carbocycles. The van der Waals surface area contributed by atoms with E-state index in [-0.39, 0.29) is 6.61 Å². The Kier molecular flexibility index (Phi) is 4.28. The molecule has 1 aliphatic heterocycles. The molecule has 2 heterocycles. The van der Waals surface area contributed by atoms with Gasteiger partial charge in [0.05, 0.1) is 13.2 Å². The molecule has 17 heavy (non-hydrogen) atoms. The molecule has 1 aromatic rings. The Morgan fingerprint density at radius 2 is 2.29 bits per heavy atom. The lowest BCUT2D eigenvalue weighted by atomic mass is 10.1. The van der Waals surface area contributed by atoms with Crippen molar-refractivity contribution in [3.8, 4) is 0 Å². The van der Waals surface area contributed by atoms with Gasteiger partial charge in [-0.15, -0.1) is 16.8 Å². The highest BCUT2D eigenvalue weighted by molar-refractivity contribution is 4.99. The van der Waals surface area contributed by atoms with Crippen molar-refractivity contribution in [2.45, 2.75) is 32.4 Å². The van der Waals surface area contributed by atoms with E-state index in [4.69, 9.17) is 5.11 Å². The molecule has 1 aliphatic rings. The maximum atomic E-state index is 9.01. The maximum Gasteiger partial charge on any atom is 0.147 e. The second-order valence-corrected chi connectivity index (χ2v) is 4.39. The molecule has 0 saturated heterocycles. The Morgan fingerprint density at radius 1 is 1.41 bits per heavy atom. The van der Waals surface area contributed by atoms with Crippen LogP contribution in [-0.4, -0.2) is 44.5 Å². The number of fused-ring (bicyclic) bond motifs is 1. The van der Waals surface area contributed by atoms with Crippen LogP contribution in [0, 0.1) is 0 Å². The van der Waals surface area contributed by atoms with Gasteiger partial charge >= 0.3 is 0 Å². The molecule has 0 spiro atoms. The second kappa shape index (κ2) is 5.93. The third kappa shape index (κ3) is 2.92. The number of aryl methyl sites for hydroxylation is 1. The van der Waals surface area contributed by atoms with Crippen LogP contribution in [0.15, 0.2) is 12.7 Å². The number of hydrogen-bond acceptors (Lipinski definition) is 4. The van der Waals surface area contributed by atoms with E-state index in [1.54, 1.807) is 0 Å². The van der Waals surface area contributed by atoms with Crippen LogP contribution in [0.2, 0.25) is 0 Å². The van der Waals surface area contributed by atoms with Gasteiger partial charge in [-0.1, -0.05) is 6.08 Å². The first kappa shape index (κ1) is 12.3. The first-order chi connectivity index (χ1) is 8.35. The van der Waals surface area contributed by atoms with E-state index in [1.807, 2.05) is 6.08 Å². The number of aromatic nitrogens is 3. The monoisotopic (exact) mass is 236 g/mol.